The topological polar surface area (TPSA) is 84.5 Å². The van der Waals surface area contributed by atoms with E-state index in [1.54, 1.807) is 35.5 Å². The highest BCUT2D eigenvalue weighted by molar-refractivity contribution is 6.04. The molecule has 1 unspecified atom stereocenters. The highest BCUT2D eigenvalue weighted by Crippen LogP contribution is 2.48. The second kappa shape index (κ2) is 14.8. The molecule has 0 saturated heterocycles. The van der Waals surface area contributed by atoms with E-state index in [9.17, 15) is 4.79 Å². The zero-order valence-corrected chi connectivity index (χ0v) is 24.4. The van der Waals surface area contributed by atoms with E-state index in [4.69, 9.17) is 28.4 Å². The maximum absolute atomic E-state index is 12.9. The van der Waals surface area contributed by atoms with Crippen molar-refractivity contribution in [2.45, 2.75) is 52.1 Å². The number of allylic oxidation sites excluding steroid dienone is 4. The lowest BCUT2D eigenvalue weighted by molar-refractivity contribution is -0.142. The van der Waals surface area contributed by atoms with E-state index < -0.39 is 0 Å². The fraction of sp³-hybridized carbons (Fsp3) is 0.516. The Hall–Kier alpha value is -3.23. The van der Waals surface area contributed by atoms with Crippen LogP contribution in [0.5, 0.6) is 11.5 Å². The summed E-state index contributed by atoms with van der Waals surface area (Å²) in [5.41, 5.74) is 5.85. The SMILES string of the molecule is CCCCCNCCOC(=O)CC1=C(C)/C(=C/C2=CC(OC)=C(OC)C(OC)C2)c2cc(OC)c(OC)cc21. The largest absolute Gasteiger partial charge is 0.494 e. The van der Waals surface area contributed by atoms with Crippen LogP contribution in [0.25, 0.3) is 11.1 Å². The first-order valence-corrected chi connectivity index (χ1v) is 13.5. The minimum absolute atomic E-state index is 0.165. The van der Waals surface area contributed by atoms with Crippen LogP contribution in [0.4, 0.5) is 0 Å². The molecule has 3 rings (SSSR count). The molecule has 0 saturated carbocycles. The molecule has 214 valence electrons. The lowest BCUT2D eigenvalue weighted by atomic mass is 9.94. The molecule has 2 aliphatic carbocycles. The Kier molecular flexibility index (Phi) is 11.5. The minimum Gasteiger partial charge on any atom is -0.494 e. The zero-order chi connectivity index (χ0) is 28.4. The van der Waals surface area contributed by atoms with Gasteiger partial charge in [-0.25, -0.2) is 0 Å². The van der Waals surface area contributed by atoms with Gasteiger partial charge in [-0.05, 0) is 71.5 Å². The summed E-state index contributed by atoms with van der Waals surface area (Å²) in [6.07, 6.45) is 8.12. The van der Waals surface area contributed by atoms with Crippen molar-refractivity contribution in [3.05, 3.63) is 58.1 Å². The third kappa shape index (κ3) is 7.25. The van der Waals surface area contributed by atoms with Gasteiger partial charge in [-0.15, -0.1) is 0 Å². The predicted molar refractivity (Wildman–Crippen MR) is 153 cm³/mol. The summed E-state index contributed by atoms with van der Waals surface area (Å²) >= 11 is 0. The molecule has 39 heavy (non-hydrogen) atoms. The van der Waals surface area contributed by atoms with Crippen LogP contribution in [0.15, 0.2) is 46.9 Å². The molecule has 0 aliphatic heterocycles. The van der Waals surface area contributed by atoms with Crippen molar-refractivity contribution in [1.29, 1.82) is 0 Å². The number of esters is 1. The molecule has 1 N–H and O–H groups in total. The van der Waals surface area contributed by atoms with Gasteiger partial charge in [-0.1, -0.05) is 25.8 Å². The molecule has 2 aliphatic rings. The molecular weight excluding hydrogens is 498 g/mol. The van der Waals surface area contributed by atoms with Gasteiger partial charge in [0.25, 0.3) is 0 Å². The average molecular weight is 542 g/mol. The second-order valence-corrected chi connectivity index (χ2v) is 9.55. The number of nitrogens with one attached hydrogen (secondary N) is 1. The molecule has 8 nitrogen and oxygen atoms in total. The minimum atomic E-state index is -0.262. The lowest BCUT2D eigenvalue weighted by Gasteiger charge is -2.25. The fourth-order valence-electron chi connectivity index (χ4n) is 5.02. The Labute approximate surface area is 232 Å². The number of rotatable bonds is 15. The summed E-state index contributed by atoms with van der Waals surface area (Å²) < 4.78 is 33.6. The van der Waals surface area contributed by atoms with E-state index in [2.05, 4.69) is 18.3 Å². The molecule has 0 radical (unpaired) electrons. The zero-order valence-electron chi connectivity index (χ0n) is 24.4. The summed E-state index contributed by atoms with van der Waals surface area (Å²) in [5.74, 6) is 2.27. The summed E-state index contributed by atoms with van der Waals surface area (Å²) in [7, 11) is 8.12. The number of methoxy groups -OCH3 is 5. The second-order valence-electron chi connectivity index (χ2n) is 9.55. The molecule has 0 heterocycles. The Balaban J connectivity index is 1.91. The Morgan fingerprint density at radius 1 is 0.974 bits per heavy atom. The van der Waals surface area contributed by atoms with Gasteiger partial charge in [-0.3, -0.25) is 4.79 Å². The fourth-order valence-corrected chi connectivity index (χ4v) is 5.02. The third-order valence-electron chi connectivity index (χ3n) is 7.14. The van der Waals surface area contributed by atoms with Gasteiger partial charge in [0.1, 0.15) is 12.7 Å². The van der Waals surface area contributed by atoms with Gasteiger partial charge in [-0.2, -0.15) is 0 Å². The van der Waals surface area contributed by atoms with Gasteiger partial charge >= 0.3 is 5.97 Å². The van der Waals surface area contributed by atoms with Crippen LogP contribution in [0.3, 0.4) is 0 Å². The number of fused-ring (bicyclic) bond motifs is 1. The summed E-state index contributed by atoms with van der Waals surface area (Å²) in [5, 5.41) is 3.33. The summed E-state index contributed by atoms with van der Waals surface area (Å²) in [6, 6.07) is 3.90. The monoisotopic (exact) mass is 541 g/mol. The number of benzene rings is 1. The Morgan fingerprint density at radius 2 is 1.69 bits per heavy atom. The molecule has 8 heteroatoms. The smallest absolute Gasteiger partial charge is 0.310 e. The lowest BCUT2D eigenvalue weighted by Crippen LogP contribution is -2.22. The van der Waals surface area contributed by atoms with Gasteiger partial charge in [0.15, 0.2) is 23.0 Å². The van der Waals surface area contributed by atoms with Crippen molar-refractivity contribution >= 4 is 17.1 Å². The quantitative estimate of drug-likeness (QED) is 0.232. The van der Waals surface area contributed by atoms with Crippen LogP contribution < -0.4 is 14.8 Å². The summed E-state index contributed by atoms with van der Waals surface area (Å²) in [4.78, 5) is 12.9. The third-order valence-corrected chi connectivity index (χ3v) is 7.14. The average Bonchev–Trinajstić information content (AvgIpc) is 3.20. The number of hydrogen-bond donors (Lipinski definition) is 1. The van der Waals surface area contributed by atoms with E-state index in [1.165, 1.54) is 12.8 Å². The van der Waals surface area contributed by atoms with Gasteiger partial charge in [0, 0.05) is 20.1 Å². The standard InChI is InChI=1S/C31H43NO7/c1-8-9-10-11-32-12-13-39-30(33)19-23-20(2)22(24-17-26(34-3)27(35-4)18-25(23)24)14-21-15-28(36-5)31(38-7)29(16-21)37-6/h14-15,17-18,29,32H,8-13,16,19H2,1-7H3/b22-14-. The molecule has 0 amide bonds. The van der Waals surface area contributed by atoms with Crippen LogP contribution in [0, 0.1) is 0 Å². The Bertz CT molecular complexity index is 1150. The van der Waals surface area contributed by atoms with Crippen molar-refractivity contribution in [1.82, 2.24) is 5.32 Å². The van der Waals surface area contributed by atoms with Crippen LogP contribution in [-0.4, -0.2) is 67.3 Å². The van der Waals surface area contributed by atoms with E-state index in [1.807, 2.05) is 25.1 Å². The Morgan fingerprint density at radius 3 is 2.31 bits per heavy atom. The molecular formula is C31H43NO7. The van der Waals surface area contributed by atoms with Crippen molar-refractivity contribution in [3.63, 3.8) is 0 Å². The van der Waals surface area contributed by atoms with Crippen molar-refractivity contribution < 1.29 is 33.2 Å². The molecule has 0 bridgehead atoms. The molecule has 0 aromatic heterocycles. The molecule has 0 spiro atoms. The van der Waals surface area contributed by atoms with Crippen molar-refractivity contribution in [2.24, 2.45) is 0 Å². The van der Waals surface area contributed by atoms with Gasteiger partial charge in [0.2, 0.25) is 0 Å². The van der Waals surface area contributed by atoms with Crippen LogP contribution >= 0.6 is 0 Å². The van der Waals surface area contributed by atoms with E-state index in [0.29, 0.717) is 42.6 Å². The van der Waals surface area contributed by atoms with Crippen LogP contribution in [-0.2, 0) is 23.7 Å². The normalized spacial score (nSPS) is 17.8. The van der Waals surface area contributed by atoms with Crippen LogP contribution in [0.2, 0.25) is 0 Å². The molecule has 1 aromatic rings. The summed E-state index contributed by atoms with van der Waals surface area (Å²) in [6.45, 7) is 6.14. The maximum atomic E-state index is 12.9. The first-order valence-electron chi connectivity index (χ1n) is 13.5. The van der Waals surface area contributed by atoms with E-state index >= 15 is 0 Å². The highest BCUT2D eigenvalue weighted by atomic mass is 16.5. The molecule has 0 fully saturated rings. The van der Waals surface area contributed by atoms with Gasteiger partial charge < -0.3 is 33.7 Å². The first-order chi connectivity index (χ1) is 18.9. The number of ether oxygens (including phenoxy) is 6. The van der Waals surface area contributed by atoms with Crippen molar-refractivity contribution in [2.75, 3.05) is 55.2 Å². The van der Waals surface area contributed by atoms with Gasteiger partial charge in [0.05, 0.1) is 34.9 Å². The molecule has 1 aromatic carbocycles. The number of carbonyl (C=O) groups is 1. The predicted octanol–water partition coefficient (Wildman–Crippen LogP) is 5.44. The van der Waals surface area contributed by atoms with E-state index in [-0.39, 0.29) is 18.5 Å². The highest BCUT2D eigenvalue weighted by Gasteiger charge is 2.30. The molecule has 1 atom stereocenters. The first kappa shape index (κ1) is 30.3. The van der Waals surface area contributed by atoms with E-state index in [0.717, 1.165) is 46.4 Å². The number of hydrogen-bond acceptors (Lipinski definition) is 8. The van der Waals surface area contributed by atoms with Crippen LogP contribution in [0.1, 0.15) is 57.1 Å². The maximum Gasteiger partial charge on any atom is 0.310 e. The van der Waals surface area contributed by atoms with Crippen molar-refractivity contribution in [3.8, 4) is 11.5 Å². The number of carbonyl (C=O) groups excluding carboxylic acids is 1. The number of unbranched alkanes of at least 4 members (excludes halogenated alkanes) is 2.